The summed E-state index contributed by atoms with van der Waals surface area (Å²) in [7, 11) is 0. The molecule has 4 nitrogen and oxygen atoms in total. The van der Waals surface area contributed by atoms with Crippen molar-refractivity contribution in [3.63, 3.8) is 0 Å². The molecule has 5 heteroatoms. The first kappa shape index (κ1) is 14.8. The summed E-state index contributed by atoms with van der Waals surface area (Å²) in [6.45, 7) is 4.77. The first-order valence-electron chi connectivity index (χ1n) is 7.75. The van der Waals surface area contributed by atoms with Crippen molar-refractivity contribution in [3.05, 3.63) is 34.9 Å². The molecule has 1 amide bonds. The van der Waals surface area contributed by atoms with Crippen molar-refractivity contribution in [2.24, 2.45) is 0 Å². The number of nitrogens with zero attached hydrogens (tertiary/aromatic N) is 2. The van der Waals surface area contributed by atoms with Gasteiger partial charge in [-0.05, 0) is 56.6 Å². The molecule has 2 saturated heterocycles. The summed E-state index contributed by atoms with van der Waals surface area (Å²) in [6, 6.07) is 7.74. The monoisotopic (exact) mass is 307 g/mol. The molecule has 1 aromatic carbocycles. The average Bonchev–Trinajstić information content (AvgIpc) is 3.11. The van der Waals surface area contributed by atoms with Gasteiger partial charge >= 0.3 is 0 Å². The largest absolute Gasteiger partial charge is 0.322 e. The zero-order chi connectivity index (χ0) is 14.7. The summed E-state index contributed by atoms with van der Waals surface area (Å²) in [4.78, 5) is 16.5. The fraction of sp³-hybridized carbons (Fsp3) is 0.562. The van der Waals surface area contributed by atoms with Crippen molar-refractivity contribution in [2.75, 3.05) is 32.7 Å². The van der Waals surface area contributed by atoms with Crippen LogP contribution in [0.15, 0.2) is 24.3 Å². The molecule has 21 heavy (non-hydrogen) atoms. The van der Waals surface area contributed by atoms with Crippen molar-refractivity contribution < 1.29 is 4.79 Å². The second-order valence-corrected chi connectivity index (χ2v) is 6.26. The van der Waals surface area contributed by atoms with Gasteiger partial charge in [-0.15, -0.1) is 0 Å². The molecule has 0 radical (unpaired) electrons. The molecule has 2 aliphatic rings. The van der Waals surface area contributed by atoms with Crippen LogP contribution in [0.2, 0.25) is 5.02 Å². The Kier molecular flexibility index (Phi) is 4.78. The minimum absolute atomic E-state index is 0.00616. The summed E-state index contributed by atoms with van der Waals surface area (Å²) < 4.78 is 0. The van der Waals surface area contributed by atoms with Crippen molar-refractivity contribution in [2.45, 2.75) is 25.4 Å². The fourth-order valence-corrected chi connectivity index (χ4v) is 3.33. The zero-order valence-corrected chi connectivity index (χ0v) is 13.0. The first-order chi connectivity index (χ1) is 10.2. The van der Waals surface area contributed by atoms with Crippen LogP contribution in [0.25, 0.3) is 0 Å². The lowest BCUT2D eigenvalue weighted by Crippen LogP contribution is -2.33. The molecule has 0 bridgehead atoms. The molecule has 0 aromatic heterocycles. The van der Waals surface area contributed by atoms with E-state index in [-0.39, 0.29) is 12.1 Å². The Morgan fingerprint density at radius 1 is 1.14 bits per heavy atom. The van der Waals surface area contributed by atoms with Gasteiger partial charge in [0.15, 0.2) is 0 Å². The maximum Gasteiger partial charge on any atom is 0.238 e. The Morgan fingerprint density at radius 3 is 2.57 bits per heavy atom. The van der Waals surface area contributed by atoms with Gasteiger partial charge in [0.1, 0.15) is 6.17 Å². The van der Waals surface area contributed by atoms with E-state index in [0.29, 0.717) is 6.54 Å². The lowest BCUT2D eigenvalue weighted by Gasteiger charge is -2.25. The van der Waals surface area contributed by atoms with Gasteiger partial charge < -0.3 is 9.80 Å². The number of amides is 1. The Hall–Kier alpha value is -1.10. The van der Waals surface area contributed by atoms with Crippen LogP contribution in [0.5, 0.6) is 0 Å². The highest BCUT2D eigenvalue weighted by Gasteiger charge is 2.31. The van der Waals surface area contributed by atoms with E-state index in [4.69, 9.17) is 11.6 Å². The predicted molar refractivity (Wildman–Crippen MR) is 84.2 cm³/mol. The number of hydrogen-bond donors (Lipinski definition) is 1. The molecule has 1 aromatic rings. The second kappa shape index (κ2) is 6.77. The third-order valence-electron chi connectivity index (χ3n) is 4.34. The van der Waals surface area contributed by atoms with Crippen molar-refractivity contribution in [3.8, 4) is 0 Å². The Balaban J connectivity index is 1.58. The molecular formula is C16H22ClN3O. The topological polar surface area (TPSA) is 35.6 Å². The number of carbonyl (C=O) groups is 1. The van der Waals surface area contributed by atoms with Crippen LogP contribution in [0.3, 0.4) is 0 Å². The first-order valence-corrected chi connectivity index (χ1v) is 8.12. The molecule has 2 aliphatic heterocycles. The summed E-state index contributed by atoms with van der Waals surface area (Å²) >= 11 is 5.93. The van der Waals surface area contributed by atoms with Gasteiger partial charge in [0.2, 0.25) is 5.91 Å². The molecule has 1 unspecified atom stereocenters. The van der Waals surface area contributed by atoms with Gasteiger partial charge in [-0.3, -0.25) is 10.1 Å². The number of nitrogens with one attached hydrogen (secondary N) is 1. The molecule has 2 fully saturated rings. The van der Waals surface area contributed by atoms with E-state index in [1.807, 2.05) is 29.2 Å². The zero-order valence-electron chi connectivity index (χ0n) is 12.2. The van der Waals surface area contributed by atoms with Gasteiger partial charge in [-0.2, -0.15) is 0 Å². The predicted octanol–water partition coefficient (Wildman–Crippen LogP) is 2.26. The van der Waals surface area contributed by atoms with E-state index in [0.717, 1.165) is 30.1 Å². The molecule has 1 N–H and O–H groups in total. The quantitative estimate of drug-likeness (QED) is 0.906. The lowest BCUT2D eigenvalue weighted by molar-refractivity contribution is -0.128. The number of carbonyl (C=O) groups excluding carboxylic acids is 1. The highest BCUT2D eigenvalue weighted by Crippen LogP contribution is 2.24. The standard InChI is InChI=1S/C16H22ClN3O/c17-14-6-4-13(5-7-14)16-18-12-15(21)20(16)11-3-10-19-8-1-2-9-19/h4-7,16,18H,1-3,8-12H2. The van der Waals surface area contributed by atoms with E-state index in [9.17, 15) is 4.79 Å². The Morgan fingerprint density at radius 2 is 1.86 bits per heavy atom. The van der Waals surface area contributed by atoms with Gasteiger partial charge in [-0.1, -0.05) is 23.7 Å². The number of likely N-dealkylation sites (tertiary alicyclic amines) is 1. The van der Waals surface area contributed by atoms with Crippen LogP contribution in [-0.2, 0) is 4.79 Å². The highest BCUT2D eigenvalue weighted by atomic mass is 35.5. The summed E-state index contributed by atoms with van der Waals surface area (Å²) in [5.74, 6) is 0.191. The minimum Gasteiger partial charge on any atom is -0.322 e. The van der Waals surface area contributed by atoms with Crippen LogP contribution in [0, 0.1) is 0 Å². The van der Waals surface area contributed by atoms with E-state index < -0.39 is 0 Å². The second-order valence-electron chi connectivity index (χ2n) is 5.82. The van der Waals surface area contributed by atoms with Crippen LogP contribution in [0.4, 0.5) is 0 Å². The molecule has 3 rings (SSSR count). The molecule has 0 saturated carbocycles. The third-order valence-corrected chi connectivity index (χ3v) is 4.59. The average molecular weight is 308 g/mol. The molecule has 0 aliphatic carbocycles. The molecule has 1 atom stereocenters. The summed E-state index contributed by atoms with van der Waals surface area (Å²) in [5.41, 5.74) is 1.10. The number of benzene rings is 1. The van der Waals surface area contributed by atoms with Crippen LogP contribution in [0.1, 0.15) is 31.0 Å². The lowest BCUT2D eigenvalue weighted by atomic mass is 10.1. The fourth-order valence-electron chi connectivity index (χ4n) is 3.21. The number of rotatable bonds is 5. The van der Waals surface area contributed by atoms with Crippen LogP contribution < -0.4 is 5.32 Å². The number of hydrogen-bond acceptors (Lipinski definition) is 3. The smallest absolute Gasteiger partial charge is 0.238 e. The molecular weight excluding hydrogens is 286 g/mol. The Bertz CT molecular complexity index is 485. The third kappa shape index (κ3) is 3.57. The van der Waals surface area contributed by atoms with E-state index in [1.54, 1.807) is 0 Å². The Labute approximate surface area is 131 Å². The maximum atomic E-state index is 12.1. The molecule has 0 spiro atoms. The summed E-state index contributed by atoms with van der Waals surface area (Å²) in [5, 5.41) is 4.02. The van der Waals surface area contributed by atoms with Crippen molar-refractivity contribution in [1.82, 2.24) is 15.1 Å². The van der Waals surface area contributed by atoms with E-state index in [1.165, 1.54) is 25.9 Å². The van der Waals surface area contributed by atoms with Crippen LogP contribution in [-0.4, -0.2) is 48.4 Å². The normalized spacial score (nSPS) is 23.2. The SMILES string of the molecule is O=C1CNC(c2ccc(Cl)cc2)N1CCCN1CCCC1. The van der Waals surface area contributed by atoms with Crippen LogP contribution >= 0.6 is 11.6 Å². The maximum absolute atomic E-state index is 12.1. The minimum atomic E-state index is -0.00616. The van der Waals surface area contributed by atoms with Gasteiger partial charge in [0.05, 0.1) is 6.54 Å². The summed E-state index contributed by atoms with van der Waals surface area (Å²) in [6.07, 6.45) is 3.67. The molecule has 2 heterocycles. The van der Waals surface area contributed by atoms with Crippen molar-refractivity contribution >= 4 is 17.5 Å². The highest BCUT2D eigenvalue weighted by molar-refractivity contribution is 6.30. The number of halogens is 1. The van der Waals surface area contributed by atoms with Crippen molar-refractivity contribution in [1.29, 1.82) is 0 Å². The van der Waals surface area contributed by atoms with Gasteiger partial charge in [0.25, 0.3) is 0 Å². The van der Waals surface area contributed by atoms with Gasteiger partial charge in [-0.25, -0.2) is 0 Å². The van der Waals surface area contributed by atoms with Gasteiger partial charge in [0, 0.05) is 11.6 Å². The van der Waals surface area contributed by atoms with E-state index in [2.05, 4.69) is 10.2 Å². The van der Waals surface area contributed by atoms with E-state index >= 15 is 0 Å². The molecule has 114 valence electrons.